The first-order valence-electron chi connectivity index (χ1n) is 6.84. The Bertz CT molecular complexity index is 471. The monoisotopic (exact) mass is 287 g/mol. The Labute approximate surface area is 117 Å². The lowest BCUT2D eigenvalue weighted by Crippen LogP contribution is -2.34. The zero-order chi connectivity index (χ0) is 15.0. The fourth-order valence-corrected chi connectivity index (χ4v) is 3.25. The molecule has 2 rings (SSSR count). The number of ether oxygens (including phenoxy) is 1. The zero-order valence-electron chi connectivity index (χ0n) is 12.1. The lowest BCUT2D eigenvalue weighted by Gasteiger charge is -2.29. The molecule has 5 atom stereocenters. The molecule has 1 heterocycles. The number of rotatable bonds is 3. The van der Waals surface area contributed by atoms with E-state index in [1.807, 2.05) is 20.8 Å². The molecule has 0 amide bonds. The van der Waals surface area contributed by atoms with Crippen molar-refractivity contribution in [3.63, 3.8) is 0 Å². The second kappa shape index (κ2) is 5.74. The van der Waals surface area contributed by atoms with Gasteiger partial charge in [-0.15, -0.1) is 0 Å². The molecule has 5 heteroatoms. The first-order chi connectivity index (χ1) is 9.36. The van der Waals surface area contributed by atoms with Gasteiger partial charge in [0.2, 0.25) is 0 Å². The average molecular weight is 287 g/mol. The van der Waals surface area contributed by atoms with Crippen LogP contribution in [0.1, 0.15) is 32.4 Å². The van der Waals surface area contributed by atoms with Gasteiger partial charge in [-0.1, -0.05) is 6.92 Å². The van der Waals surface area contributed by atoms with Gasteiger partial charge in [0, 0.05) is 29.7 Å². The van der Waals surface area contributed by atoms with Crippen molar-refractivity contribution in [3.8, 4) is 0 Å². The van der Waals surface area contributed by atoms with E-state index in [4.69, 9.17) is 4.74 Å². The van der Waals surface area contributed by atoms with E-state index in [-0.39, 0.29) is 29.6 Å². The second-order valence-corrected chi connectivity index (χ2v) is 5.53. The Hall–Kier alpha value is -1.07. The van der Waals surface area contributed by atoms with Gasteiger partial charge in [0.05, 0.1) is 12.2 Å². The smallest absolute Gasteiger partial charge is 0.133 e. The lowest BCUT2D eigenvalue weighted by atomic mass is 9.80. The molecule has 1 N–H and O–H groups in total. The Kier molecular flexibility index (Phi) is 4.39. The largest absolute Gasteiger partial charge is 0.375 e. The minimum Gasteiger partial charge on any atom is -0.375 e. The van der Waals surface area contributed by atoms with Crippen molar-refractivity contribution in [3.05, 3.63) is 35.1 Å². The molecule has 0 saturated carbocycles. The van der Waals surface area contributed by atoms with Gasteiger partial charge in [-0.05, 0) is 26.8 Å². The van der Waals surface area contributed by atoms with E-state index in [9.17, 15) is 13.2 Å². The van der Waals surface area contributed by atoms with E-state index in [2.05, 4.69) is 5.32 Å². The van der Waals surface area contributed by atoms with Crippen molar-refractivity contribution >= 4 is 0 Å². The molecule has 1 saturated heterocycles. The summed E-state index contributed by atoms with van der Waals surface area (Å²) in [5.74, 6) is -2.56. The molecule has 0 radical (unpaired) electrons. The van der Waals surface area contributed by atoms with Gasteiger partial charge in [-0.3, -0.25) is 0 Å². The van der Waals surface area contributed by atoms with Gasteiger partial charge >= 0.3 is 0 Å². The summed E-state index contributed by atoms with van der Waals surface area (Å²) in [7, 11) is 1.65. The number of nitrogens with one attached hydrogen (secondary N) is 1. The van der Waals surface area contributed by atoms with Crippen LogP contribution in [0, 0.1) is 29.3 Å². The fourth-order valence-electron chi connectivity index (χ4n) is 3.25. The van der Waals surface area contributed by atoms with Crippen molar-refractivity contribution in [1.29, 1.82) is 0 Å². The lowest BCUT2D eigenvalue weighted by molar-refractivity contribution is 0.0475. The van der Waals surface area contributed by atoms with Crippen molar-refractivity contribution in [2.24, 2.45) is 11.8 Å². The van der Waals surface area contributed by atoms with Crippen molar-refractivity contribution in [1.82, 2.24) is 5.32 Å². The summed E-state index contributed by atoms with van der Waals surface area (Å²) in [6, 6.07) is 0.889. The highest BCUT2D eigenvalue weighted by atomic mass is 19.1. The van der Waals surface area contributed by atoms with E-state index in [1.54, 1.807) is 7.05 Å². The Balaban J connectivity index is 2.43. The Morgan fingerprint density at radius 1 is 1.05 bits per heavy atom. The average Bonchev–Trinajstić information content (AvgIpc) is 2.59. The first-order valence-corrected chi connectivity index (χ1v) is 6.84. The van der Waals surface area contributed by atoms with E-state index in [0.29, 0.717) is 0 Å². The van der Waals surface area contributed by atoms with Crippen LogP contribution in [-0.4, -0.2) is 19.3 Å². The number of halogens is 3. The van der Waals surface area contributed by atoms with E-state index >= 15 is 0 Å². The SMILES string of the molecule is CNC(c1c(F)cc(F)cc1F)C1C(C)OC(C)C1C. The molecule has 0 bridgehead atoms. The third kappa shape index (κ3) is 2.56. The molecule has 1 aromatic rings. The normalized spacial score (nSPS) is 31.6. The minimum atomic E-state index is -0.907. The van der Waals surface area contributed by atoms with Gasteiger partial charge in [0.1, 0.15) is 17.5 Å². The number of benzene rings is 1. The summed E-state index contributed by atoms with van der Waals surface area (Å²) in [6.45, 7) is 5.85. The maximum Gasteiger partial charge on any atom is 0.133 e. The Morgan fingerprint density at radius 2 is 1.60 bits per heavy atom. The maximum atomic E-state index is 14.0. The Morgan fingerprint density at radius 3 is 2.00 bits per heavy atom. The van der Waals surface area contributed by atoms with Gasteiger partial charge in [0.15, 0.2) is 0 Å². The van der Waals surface area contributed by atoms with Gasteiger partial charge in [0.25, 0.3) is 0 Å². The molecule has 0 spiro atoms. The molecule has 2 nitrogen and oxygen atoms in total. The molecular weight excluding hydrogens is 267 g/mol. The molecule has 5 unspecified atom stereocenters. The number of hydrogen-bond acceptors (Lipinski definition) is 2. The van der Waals surface area contributed by atoms with Gasteiger partial charge in [-0.2, -0.15) is 0 Å². The molecule has 0 aromatic heterocycles. The molecule has 1 fully saturated rings. The van der Waals surface area contributed by atoms with Crippen LogP contribution in [0.15, 0.2) is 12.1 Å². The molecule has 20 heavy (non-hydrogen) atoms. The molecule has 1 aromatic carbocycles. The maximum absolute atomic E-state index is 14.0. The summed E-state index contributed by atoms with van der Waals surface area (Å²) in [5, 5.41) is 2.96. The van der Waals surface area contributed by atoms with Crippen molar-refractivity contribution in [2.45, 2.75) is 39.0 Å². The van der Waals surface area contributed by atoms with Crippen LogP contribution in [0.3, 0.4) is 0 Å². The van der Waals surface area contributed by atoms with Crippen LogP contribution >= 0.6 is 0 Å². The summed E-state index contributed by atoms with van der Waals surface area (Å²) in [4.78, 5) is 0. The van der Waals surface area contributed by atoms with Crippen LogP contribution in [0.25, 0.3) is 0 Å². The van der Waals surface area contributed by atoms with E-state index < -0.39 is 23.5 Å². The predicted molar refractivity (Wildman–Crippen MR) is 70.8 cm³/mol. The molecule has 1 aliphatic rings. The predicted octanol–water partition coefficient (Wildman–Crippen LogP) is 3.42. The fraction of sp³-hybridized carbons (Fsp3) is 0.600. The topological polar surface area (TPSA) is 21.3 Å². The highest BCUT2D eigenvalue weighted by molar-refractivity contribution is 5.26. The molecule has 1 aliphatic heterocycles. The van der Waals surface area contributed by atoms with E-state index in [1.165, 1.54) is 0 Å². The van der Waals surface area contributed by atoms with Gasteiger partial charge in [-0.25, -0.2) is 13.2 Å². The van der Waals surface area contributed by atoms with Crippen molar-refractivity contribution in [2.75, 3.05) is 7.05 Å². The minimum absolute atomic E-state index is 0.0254. The standard InChI is InChI=1S/C15H20F3NO/c1-7-8(2)20-9(3)13(7)15(19-4)14-11(17)5-10(16)6-12(14)18/h5-9,13,15,19H,1-4H3. The molecule has 112 valence electrons. The third-order valence-corrected chi connectivity index (χ3v) is 4.37. The summed E-state index contributed by atoms with van der Waals surface area (Å²) < 4.78 is 46.8. The quantitative estimate of drug-likeness (QED) is 0.919. The number of hydrogen-bond donors (Lipinski definition) is 1. The molecular formula is C15H20F3NO. The van der Waals surface area contributed by atoms with Gasteiger partial charge < -0.3 is 10.1 Å². The van der Waals surface area contributed by atoms with Crippen LogP contribution in [0.4, 0.5) is 13.2 Å². The van der Waals surface area contributed by atoms with E-state index in [0.717, 1.165) is 12.1 Å². The highest BCUT2D eigenvalue weighted by Crippen LogP contribution is 2.41. The van der Waals surface area contributed by atoms with Crippen LogP contribution in [0.2, 0.25) is 0 Å². The first kappa shape index (κ1) is 15.3. The van der Waals surface area contributed by atoms with Crippen LogP contribution < -0.4 is 5.32 Å². The summed E-state index contributed by atoms with van der Waals surface area (Å²) >= 11 is 0. The highest BCUT2D eigenvalue weighted by Gasteiger charge is 2.43. The third-order valence-electron chi connectivity index (χ3n) is 4.37. The second-order valence-electron chi connectivity index (χ2n) is 5.53. The molecule has 0 aliphatic carbocycles. The van der Waals surface area contributed by atoms with Crippen LogP contribution in [0.5, 0.6) is 0 Å². The summed E-state index contributed by atoms with van der Waals surface area (Å²) in [6.07, 6.45) is -0.0984. The summed E-state index contributed by atoms with van der Waals surface area (Å²) in [5.41, 5.74) is -0.115. The zero-order valence-corrected chi connectivity index (χ0v) is 12.1. The van der Waals surface area contributed by atoms with Crippen LogP contribution in [-0.2, 0) is 4.74 Å². The van der Waals surface area contributed by atoms with Crippen molar-refractivity contribution < 1.29 is 17.9 Å².